The zero-order valence-electron chi connectivity index (χ0n) is 19.7. The number of hydrogen-bond acceptors (Lipinski definition) is 3. The Morgan fingerprint density at radius 1 is 0.970 bits per heavy atom. The highest BCUT2D eigenvalue weighted by Crippen LogP contribution is 2.37. The Kier molecular flexibility index (Phi) is 6.23. The molecule has 2 aromatic heterocycles. The molecule has 2 aromatic carbocycles. The van der Waals surface area contributed by atoms with Crippen LogP contribution in [0.5, 0.6) is 0 Å². The maximum Gasteiger partial charge on any atom is 0.261 e. The molecule has 0 atom stereocenters. The van der Waals surface area contributed by atoms with Crippen molar-refractivity contribution in [3.05, 3.63) is 95.9 Å². The smallest absolute Gasteiger partial charge is 0.261 e. The van der Waals surface area contributed by atoms with Gasteiger partial charge < -0.3 is 14.6 Å². The van der Waals surface area contributed by atoms with Crippen molar-refractivity contribution in [3.8, 4) is 0 Å². The first-order valence-electron chi connectivity index (χ1n) is 11.2. The maximum absolute atomic E-state index is 11.6. The Balaban J connectivity index is 1.78. The van der Waals surface area contributed by atoms with E-state index in [1.165, 1.54) is 10.4 Å². The van der Waals surface area contributed by atoms with E-state index >= 15 is 0 Å². The number of hydrogen-bond donors (Lipinski definition) is 1. The monoisotopic (exact) mass is 457 g/mol. The average molecular weight is 458 g/mol. The third-order valence-corrected chi connectivity index (χ3v) is 11.2. The van der Waals surface area contributed by atoms with E-state index in [-0.39, 0.29) is 17.4 Å². The van der Waals surface area contributed by atoms with Crippen LogP contribution in [0.1, 0.15) is 37.7 Å². The summed E-state index contributed by atoms with van der Waals surface area (Å²) >= 11 is 0. The number of pyridine rings is 1. The van der Waals surface area contributed by atoms with Gasteiger partial charge in [-0.25, -0.2) is 4.98 Å². The molecule has 0 spiro atoms. The minimum atomic E-state index is -2.63. The van der Waals surface area contributed by atoms with Crippen molar-refractivity contribution in [1.82, 2.24) is 9.38 Å². The molecule has 0 radical (unpaired) electrons. The topological polar surface area (TPSA) is 69.6 Å². The Bertz CT molecular complexity index is 1220. The Morgan fingerprint density at radius 3 is 2.06 bits per heavy atom. The normalized spacial score (nSPS) is 12.2. The summed E-state index contributed by atoms with van der Waals surface area (Å²) in [5.74, 6) is -0.367. The van der Waals surface area contributed by atoms with Crippen LogP contribution in [0.15, 0.2) is 79.0 Å². The minimum absolute atomic E-state index is 0.0947. The average Bonchev–Trinajstić information content (AvgIpc) is 3.09. The number of nitrogens with zero attached hydrogens (tertiary/aromatic N) is 2. The summed E-state index contributed by atoms with van der Waals surface area (Å²) in [5, 5.41) is 2.40. The van der Waals surface area contributed by atoms with Gasteiger partial charge in [0.05, 0.1) is 24.4 Å². The molecular weight excluding hydrogens is 426 g/mol. The molecule has 1 amide bonds. The van der Waals surface area contributed by atoms with E-state index in [4.69, 9.17) is 10.2 Å². The van der Waals surface area contributed by atoms with Gasteiger partial charge in [-0.05, 0) is 34.0 Å². The molecule has 6 heteroatoms. The summed E-state index contributed by atoms with van der Waals surface area (Å²) in [4.78, 5) is 16.2. The van der Waals surface area contributed by atoms with Crippen LogP contribution in [0.2, 0.25) is 5.04 Å². The van der Waals surface area contributed by atoms with Gasteiger partial charge in [-0.2, -0.15) is 0 Å². The molecule has 5 nitrogen and oxygen atoms in total. The van der Waals surface area contributed by atoms with E-state index in [9.17, 15) is 4.79 Å². The number of amides is 1. The van der Waals surface area contributed by atoms with Crippen LogP contribution >= 0.6 is 0 Å². The van der Waals surface area contributed by atoms with Crippen molar-refractivity contribution in [2.24, 2.45) is 5.73 Å². The predicted molar refractivity (Wildman–Crippen MR) is 135 cm³/mol. The van der Waals surface area contributed by atoms with Gasteiger partial charge in [0.2, 0.25) is 5.91 Å². The molecule has 0 bridgehead atoms. The second-order valence-corrected chi connectivity index (χ2v) is 13.8. The summed E-state index contributed by atoms with van der Waals surface area (Å²) in [6.45, 7) is 9.17. The van der Waals surface area contributed by atoms with Crippen LogP contribution in [0, 0.1) is 6.92 Å². The number of rotatable bonds is 7. The molecule has 33 heavy (non-hydrogen) atoms. The van der Waals surface area contributed by atoms with Crippen LogP contribution in [0.3, 0.4) is 0 Å². The predicted octanol–water partition coefficient (Wildman–Crippen LogP) is 3.75. The molecule has 170 valence electrons. The van der Waals surface area contributed by atoms with Gasteiger partial charge in [0.1, 0.15) is 5.65 Å². The molecular formula is C27H31N3O2Si. The Labute approximate surface area is 196 Å². The fourth-order valence-corrected chi connectivity index (χ4v) is 9.21. The van der Waals surface area contributed by atoms with Crippen LogP contribution in [-0.4, -0.2) is 23.6 Å². The lowest BCUT2D eigenvalue weighted by molar-refractivity contribution is -0.117. The lowest BCUT2D eigenvalue weighted by atomic mass is 10.2. The van der Waals surface area contributed by atoms with Gasteiger partial charge in [0.25, 0.3) is 8.32 Å². The van der Waals surface area contributed by atoms with E-state index in [0.29, 0.717) is 6.61 Å². The number of nitrogens with two attached hydrogens (primary N) is 1. The summed E-state index contributed by atoms with van der Waals surface area (Å²) in [6.07, 6.45) is 2.18. The van der Waals surface area contributed by atoms with Gasteiger partial charge >= 0.3 is 0 Å². The number of benzene rings is 2. The van der Waals surface area contributed by atoms with E-state index in [1.807, 2.05) is 41.8 Å². The third-order valence-electron chi connectivity index (χ3n) is 6.19. The molecule has 4 aromatic rings. The van der Waals surface area contributed by atoms with Crippen molar-refractivity contribution in [1.29, 1.82) is 0 Å². The van der Waals surface area contributed by atoms with Crippen LogP contribution in [-0.2, 0) is 22.2 Å². The second-order valence-electron chi connectivity index (χ2n) is 9.50. The number of primary amides is 1. The fourth-order valence-electron chi connectivity index (χ4n) is 4.67. The summed E-state index contributed by atoms with van der Waals surface area (Å²) in [7, 11) is -2.63. The molecule has 0 saturated heterocycles. The number of aryl methyl sites for hydroxylation is 1. The Hall–Kier alpha value is -3.22. The van der Waals surface area contributed by atoms with Gasteiger partial charge in [0.15, 0.2) is 0 Å². The molecule has 0 unspecified atom stereocenters. The van der Waals surface area contributed by atoms with Crippen molar-refractivity contribution in [3.63, 3.8) is 0 Å². The van der Waals surface area contributed by atoms with Crippen LogP contribution in [0.25, 0.3) is 5.65 Å². The van der Waals surface area contributed by atoms with E-state index in [0.717, 1.165) is 22.6 Å². The number of fused-ring (bicyclic) bond motifs is 1. The third kappa shape index (κ3) is 4.36. The van der Waals surface area contributed by atoms with Gasteiger partial charge in [-0.3, -0.25) is 4.79 Å². The summed E-state index contributed by atoms with van der Waals surface area (Å²) < 4.78 is 9.01. The molecule has 4 rings (SSSR count). The highest BCUT2D eigenvalue weighted by Gasteiger charge is 2.50. The van der Waals surface area contributed by atoms with Crippen molar-refractivity contribution in [2.75, 3.05) is 0 Å². The molecule has 2 heterocycles. The first kappa shape index (κ1) is 23.0. The van der Waals surface area contributed by atoms with E-state index in [1.54, 1.807) is 0 Å². The largest absolute Gasteiger partial charge is 0.403 e. The zero-order chi connectivity index (χ0) is 23.6. The molecule has 0 saturated carbocycles. The number of aromatic nitrogens is 2. The molecule has 0 aliphatic rings. The number of imidazole rings is 1. The van der Waals surface area contributed by atoms with Crippen LogP contribution < -0.4 is 16.1 Å². The second kappa shape index (κ2) is 8.96. The number of carbonyl (C=O) groups is 1. The van der Waals surface area contributed by atoms with Gasteiger partial charge in [-0.15, -0.1) is 0 Å². The molecule has 0 aliphatic carbocycles. The van der Waals surface area contributed by atoms with Crippen molar-refractivity contribution >= 4 is 30.2 Å². The highest BCUT2D eigenvalue weighted by atomic mass is 28.4. The van der Waals surface area contributed by atoms with Crippen LogP contribution in [0.4, 0.5) is 0 Å². The number of carbonyl (C=O) groups excluding carboxylic acids is 1. The van der Waals surface area contributed by atoms with Gasteiger partial charge in [-0.1, -0.05) is 87.5 Å². The van der Waals surface area contributed by atoms with Crippen molar-refractivity contribution < 1.29 is 9.22 Å². The molecule has 0 aliphatic heterocycles. The molecule has 2 N–H and O–H groups in total. The summed E-state index contributed by atoms with van der Waals surface area (Å²) in [6, 6.07) is 25.2. The lowest BCUT2D eigenvalue weighted by Crippen LogP contribution is -2.66. The standard InChI is InChI=1S/C27H31N3O2Si/c1-20-24(17-25(28)31)30-18-21(15-16-26(30)29-20)19-32-33(27(2,3)4,22-11-7-5-8-12-22)23-13-9-6-10-14-23/h5-16,18H,17,19H2,1-4H3,(H2,28,31). The van der Waals surface area contributed by atoms with Gasteiger partial charge in [0, 0.05) is 6.20 Å². The van der Waals surface area contributed by atoms with Crippen molar-refractivity contribution in [2.45, 2.75) is 45.8 Å². The quantitative estimate of drug-likeness (QED) is 0.430. The fraction of sp³-hybridized carbons (Fsp3) is 0.259. The van der Waals surface area contributed by atoms with E-state index < -0.39 is 8.32 Å². The first-order chi connectivity index (χ1) is 15.7. The lowest BCUT2D eigenvalue weighted by Gasteiger charge is -2.43. The molecule has 0 fully saturated rings. The first-order valence-corrected chi connectivity index (χ1v) is 13.1. The Morgan fingerprint density at radius 2 is 1.55 bits per heavy atom. The zero-order valence-corrected chi connectivity index (χ0v) is 20.7. The summed E-state index contributed by atoms with van der Waals surface area (Å²) in [5.41, 5.74) is 8.95. The highest BCUT2D eigenvalue weighted by molar-refractivity contribution is 6.99. The SMILES string of the molecule is Cc1nc2ccc(CO[Si](c3ccccc3)(c3ccccc3)C(C)(C)C)cn2c1CC(N)=O. The minimum Gasteiger partial charge on any atom is -0.403 e. The van der Waals surface area contributed by atoms with E-state index in [2.05, 4.69) is 74.3 Å². The maximum atomic E-state index is 11.6.